The van der Waals surface area contributed by atoms with E-state index in [4.69, 9.17) is 5.53 Å². The van der Waals surface area contributed by atoms with Gasteiger partial charge in [0.15, 0.2) is 0 Å². The largest absolute Gasteiger partial charge is 0.311 e. The smallest absolute Gasteiger partial charge is 0.227 e. The minimum absolute atomic E-state index is 0.0765. The summed E-state index contributed by atoms with van der Waals surface area (Å²) in [4.78, 5) is 21.2. The number of pyridine rings is 1. The van der Waals surface area contributed by atoms with Gasteiger partial charge in [0, 0.05) is 36.0 Å². The van der Waals surface area contributed by atoms with Crippen LogP contribution in [0.1, 0.15) is 12.0 Å². The first kappa shape index (κ1) is 13.4. The predicted octanol–water partition coefficient (Wildman–Crippen LogP) is 3.21. The van der Waals surface area contributed by atoms with Crippen LogP contribution in [0.25, 0.3) is 21.3 Å². The molecule has 1 unspecified atom stereocenters. The molecule has 3 rings (SSSR count). The van der Waals surface area contributed by atoms with E-state index in [9.17, 15) is 4.79 Å². The number of fused-ring (bicyclic) bond motifs is 1. The number of benzene rings is 1. The fourth-order valence-electron chi connectivity index (χ4n) is 2.88. The molecule has 0 radical (unpaired) electrons. The Morgan fingerprint density at radius 3 is 3.14 bits per heavy atom. The lowest BCUT2D eigenvalue weighted by molar-refractivity contribution is -0.117. The predicted molar refractivity (Wildman–Crippen MR) is 81.0 cm³/mol. The zero-order valence-electron chi connectivity index (χ0n) is 11.7. The second-order valence-corrected chi connectivity index (χ2v) is 5.29. The Bertz CT molecular complexity index is 751. The molecule has 0 bridgehead atoms. The molecule has 1 amide bonds. The Morgan fingerprint density at radius 1 is 1.48 bits per heavy atom. The van der Waals surface area contributed by atoms with Gasteiger partial charge in [0.25, 0.3) is 0 Å². The van der Waals surface area contributed by atoms with Gasteiger partial charge in [-0.3, -0.25) is 9.78 Å². The lowest BCUT2D eigenvalue weighted by atomic mass is 10.1. The average molecular weight is 281 g/mol. The van der Waals surface area contributed by atoms with Crippen molar-refractivity contribution in [3.63, 3.8) is 0 Å². The minimum atomic E-state index is 0.0765. The molecule has 1 aliphatic heterocycles. The molecule has 1 aromatic carbocycles. The van der Waals surface area contributed by atoms with Gasteiger partial charge in [0.1, 0.15) is 0 Å². The summed E-state index contributed by atoms with van der Waals surface area (Å²) < 4.78 is 0. The number of carbonyl (C=O) groups is 1. The third-order valence-electron chi connectivity index (χ3n) is 3.84. The van der Waals surface area contributed by atoms with E-state index in [2.05, 4.69) is 15.0 Å². The maximum absolute atomic E-state index is 12.3. The average Bonchev–Trinajstić information content (AvgIpc) is 2.86. The molecule has 1 aliphatic rings. The van der Waals surface area contributed by atoms with E-state index in [1.165, 1.54) is 0 Å². The van der Waals surface area contributed by atoms with E-state index in [1.807, 2.05) is 31.2 Å². The van der Waals surface area contributed by atoms with E-state index in [0.29, 0.717) is 19.5 Å². The molecular weight excluding hydrogens is 266 g/mol. The van der Waals surface area contributed by atoms with Gasteiger partial charge in [-0.2, -0.15) is 0 Å². The molecule has 0 N–H and O–H groups in total. The second kappa shape index (κ2) is 5.42. The third kappa shape index (κ3) is 2.41. The van der Waals surface area contributed by atoms with Crippen molar-refractivity contribution >= 4 is 22.5 Å². The Balaban J connectivity index is 2.02. The lowest BCUT2D eigenvalue weighted by Crippen LogP contribution is -2.25. The molecule has 1 atom stereocenters. The Labute approximate surface area is 122 Å². The molecule has 0 saturated carbocycles. The molecule has 2 aromatic rings. The van der Waals surface area contributed by atoms with E-state index in [1.54, 1.807) is 11.1 Å². The summed E-state index contributed by atoms with van der Waals surface area (Å²) in [7, 11) is 0. The number of anilines is 1. The van der Waals surface area contributed by atoms with E-state index >= 15 is 0 Å². The van der Waals surface area contributed by atoms with Gasteiger partial charge in [-0.05, 0) is 42.1 Å². The van der Waals surface area contributed by atoms with Crippen molar-refractivity contribution in [2.75, 3.05) is 18.0 Å². The maximum Gasteiger partial charge on any atom is 0.227 e. The Morgan fingerprint density at radius 2 is 2.33 bits per heavy atom. The number of carbonyl (C=O) groups excluding carboxylic acids is 1. The van der Waals surface area contributed by atoms with Crippen molar-refractivity contribution in [1.82, 2.24) is 4.98 Å². The van der Waals surface area contributed by atoms with Crippen LogP contribution in [0.2, 0.25) is 0 Å². The fraction of sp³-hybridized carbons (Fsp3) is 0.333. The summed E-state index contributed by atoms with van der Waals surface area (Å²) >= 11 is 0. The molecular formula is C15H15N5O. The van der Waals surface area contributed by atoms with Crippen molar-refractivity contribution in [2.45, 2.75) is 13.3 Å². The highest BCUT2D eigenvalue weighted by atomic mass is 16.2. The molecule has 6 heteroatoms. The summed E-state index contributed by atoms with van der Waals surface area (Å²) in [6.45, 7) is 2.95. The number of amides is 1. The third-order valence-corrected chi connectivity index (χ3v) is 3.84. The van der Waals surface area contributed by atoms with Crippen molar-refractivity contribution in [1.29, 1.82) is 0 Å². The highest BCUT2D eigenvalue weighted by molar-refractivity contribution is 6.05. The van der Waals surface area contributed by atoms with Crippen LogP contribution in [0.3, 0.4) is 0 Å². The van der Waals surface area contributed by atoms with E-state index < -0.39 is 0 Å². The first-order valence-corrected chi connectivity index (χ1v) is 6.86. The quantitative estimate of drug-likeness (QED) is 0.491. The number of hydrogen-bond acceptors (Lipinski definition) is 3. The fourth-order valence-corrected chi connectivity index (χ4v) is 2.88. The monoisotopic (exact) mass is 281 g/mol. The molecule has 106 valence electrons. The lowest BCUT2D eigenvalue weighted by Gasteiger charge is -2.21. The summed E-state index contributed by atoms with van der Waals surface area (Å²) in [5, 5.41) is 4.57. The normalized spacial score (nSPS) is 18.0. The van der Waals surface area contributed by atoms with Gasteiger partial charge in [-0.1, -0.05) is 11.2 Å². The molecule has 6 nitrogen and oxygen atoms in total. The summed E-state index contributed by atoms with van der Waals surface area (Å²) in [5.41, 5.74) is 11.3. The standard InChI is InChI=1S/C15H15N5O/c1-10-4-5-13-12(3-2-6-17-13)15(10)20-9-11(7-14(20)21)8-18-19-16/h2-6,11H,7-9H2,1H3. The van der Waals surface area contributed by atoms with Crippen LogP contribution in [0.5, 0.6) is 0 Å². The van der Waals surface area contributed by atoms with Gasteiger partial charge in [-0.25, -0.2) is 0 Å². The number of azide groups is 1. The first-order chi connectivity index (χ1) is 10.2. The number of hydrogen-bond donors (Lipinski definition) is 0. The number of nitrogens with zero attached hydrogens (tertiary/aromatic N) is 5. The van der Waals surface area contributed by atoms with E-state index in [0.717, 1.165) is 22.2 Å². The van der Waals surface area contributed by atoms with Crippen LogP contribution in [0.4, 0.5) is 5.69 Å². The summed E-state index contributed by atoms with van der Waals surface area (Å²) in [5.74, 6) is 0.160. The van der Waals surface area contributed by atoms with Crippen molar-refractivity contribution in [3.05, 3.63) is 46.5 Å². The zero-order valence-corrected chi connectivity index (χ0v) is 11.7. The molecule has 21 heavy (non-hydrogen) atoms. The SMILES string of the molecule is Cc1ccc2ncccc2c1N1CC(CN=[N+]=[N-])CC1=O. The van der Waals surface area contributed by atoms with Gasteiger partial charge in [-0.15, -0.1) is 0 Å². The Hall–Kier alpha value is -2.59. The van der Waals surface area contributed by atoms with Crippen molar-refractivity contribution in [2.24, 2.45) is 11.0 Å². The zero-order chi connectivity index (χ0) is 14.8. The van der Waals surface area contributed by atoms with E-state index in [-0.39, 0.29) is 11.8 Å². The molecule has 1 fully saturated rings. The number of rotatable bonds is 3. The van der Waals surface area contributed by atoms with Gasteiger partial charge in [0.2, 0.25) is 5.91 Å². The topological polar surface area (TPSA) is 82.0 Å². The van der Waals surface area contributed by atoms with Crippen LogP contribution in [-0.2, 0) is 4.79 Å². The first-order valence-electron chi connectivity index (χ1n) is 6.86. The van der Waals surface area contributed by atoms with Gasteiger partial charge < -0.3 is 4.90 Å². The molecule has 2 heterocycles. The van der Waals surface area contributed by atoms with Crippen LogP contribution in [0, 0.1) is 12.8 Å². The van der Waals surface area contributed by atoms with Crippen LogP contribution in [-0.4, -0.2) is 24.0 Å². The number of aryl methyl sites for hydroxylation is 1. The maximum atomic E-state index is 12.3. The van der Waals surface area contributed by atoms with Crippen LogP contribution in [0.15, 0.2) is 35.6 Å². The van der Waals surface area contributed by atoms with Crippen LogP contribution < -0.4 is 4.90 Å². The Kier molecular flexibility index (Phi) is 3.46. The summed E-state index contributed by atoms with van der Waals surface area (Å²) in [6.07, 6.45) is 2.17. The molecule has 0 spiro atoms. The van der Waals surface area contributed by atoms with Gasteiger partial charge >= 0.3 is 0 Å². The minimum Gasteiger partial charge on any atom is -0.311 e. The molecule has 0 aliphatic carbocycles. The number of aromatic nitrogens is 1. The van der Waals surface area contributed by atoms with Crippen molar-refractivity contribution < 1.29 is 4.79 Å². The second-order valence-electron chi connectivity index (χ2n) is 5.29. The highest BCUT2D eigenvalue weighted by Crippen LogP contribution is 2.34. The summed E-state index contributed by atoms with van der Waals surface area (Å²) in [6, 6.07) is 7.81. The van der Waals surface area contributed by atoms with Crippen molar-refractivity contribution in [3.8, 4) is 0 Å². The highest BCUT2D eigenvalue weighted by Gasteiger charge is 2.31. The van der Waals surface area contributed by atoms with Crippen LogP contribution >= 0.6 is 0 Å². The molecule has 1 saturated heterocycles. The molecule has 1 aromatic heterocycles. The van der Waals surface area contributed by atoms with Gasteiger partial charge in [0.05, 0.1) is 11.2 Å².